The average molecular weight is 395 g/mol. The van der Waals surface area contributed by atoms with E-state index in [4.69, 9.17) is 0 Å². The third-order valence-corrected chi connectivity index (χ3v) is 7.01. The highest BCUT2D eigenvalue weighted by atomic mass is 79.9. The van der Waals surface area contributed by atoms with E-state index in [1.165, 1.54) is 28.5 Å². The molecule has 0 spiro atoms. The molecule has 2 heterocycles. The monoisotopic (exact) mass is 393 g/mol. The Hall–Kier alpha value is 0.320. The maximum Gasteiger partial charge on any atom is 0.0763 e. The molecule has 0 aromatic carbocycles. The third-order valence-electron chi connectivity index (χ3n) is 2.61. The van der Waals surface area contributed by atoms with Gasteiger partial charge in [-0.05, 0) is 70.5 Å². The first-order chi connectivity index (χ1) is 8.02. The number of thiophene rings is 2. The molecule has 5 heteroatoms. The van der Waals surface area contributed by atoms with Gasteiger partial charge in [0.2, 0.25) is 0 Å². The van der Waals surface area contributed by atoms with Gasteiger partial charge in [0.15, 0.2) is 0 Å². The molecule has 0 aliphatic heterocycles. The number of hydrogen-bond acceptors (Lipinski definition) is 3. The summed E-state index contributed by atoms with van der Waals surface area (Å²) in [5, 5.41) is 3.39. The lowest BCUT2D eigenvalue weighted by atomic mass is 10.2. The molecular formula is C12H13Br2NS2. The van der Waals surface area contributed by atoms with Crippen LogP contribution >= 0.6 is 54.5 Å². The van der Waals surface area contributed by atoms with Crippen LogP contribution in [-0.4, -0.2) is 7.05 Å². The Labute approximate surface area is 127 Å². The van der Waals surface area contributed by atoms with E-state index in [1.807, 2.05) is 18.4 Å². The lowest BCUT2D eigenvalue weighted by Crippen LogP contribution is -2.15. The van der Waals surface area contributed by atoms with E-state index < -0.39 is 0 Å². The minimum absolute atomic E-state index is 0.292. The van der Waals surface area contributed by atoms with Gasteiger partial charge < -0.3 is 5.32 Å². The number of rotatable bonds is 3. The first kappa shape index (κ1) is 13.7. The van der Waals surface area contributed by atoms with Crippen LogP contribution in [0.5, 0.6) is 0 Å². The second-order valence-corrected chi connectivity index (χ2v) is 8.42. The molecule has 0 aliphatic rings. The molecule has 0 aliphatic carbocycles. The smallest absolute Gasteiger partial charge is 0.0763 e. The zero-order valence-corrected chi connectivity index (χ0v) is 14.6. The molecule has 0 radical (unpaired) electrons. The zero-order valence-electron chi connectivity index (χ0n) is 9.80. The van der Waals surface area contributed by atoms with Crippen LogP contribution in [0.3, 0.4) is 0 Å². The zero-order chi connectivity index (χ0) is 12.6. The van der Waals surface area contributed by atoms with Crippen LogP contribution in [0.4, 0.5) is 0 Å². The summed E-state index contributed by atoms with van der Waals surface area (Å²) in [4.78, 5) is 4.03. The molecule has 0 fully saturated rings. The van der Waals surface area contributed by atoms with Crippen LogP contribution in [0, 0.1) is 13.8 Å². The van der Waals surface area contributed by atoms with Crippen molar-refractivity contribution in [1.29, 1.82) is 0 Å². The largest absolute Gasteiger partial charge is 0.308 e. The summed E-state index contributed by atoms with van der Waals surface area (Å²) in [6.45, 7) is 4.27. The normalized spacial score (nSPS) is 13.0. The highest BCUT2D eigenvalue weighted by molar-refractivity contribution is 9.11. The van der Waals surface area contributed by atoms with Crippen LogP contribution in [0.25, 0.3) is 0 Å². The first-order valence-corrected chi connectivity index (χ1v) is 8.43. The fraction of sp³-hybridized carbons (Fsp3) is 0.333. The Bertz CT molecular complexity index is 445. The Morgan fingerprint density at radius 1 is 1.12 bits per heavy atom. The topological polar surface area (TPSA) is 12.0 Å². The van der Waals surface area contributed by atoms with Crippen molar-refractivity contribution in [3.63, 3.8) is 0 Å². The molecule has 1 nitrogen and oxygen atoms in total. The molecule has 92 valence electrons. The number of halogens is 2. The molecule has 2 aromatic heterocycles. The van der Waals surface area contributed by atoms with Gasteiger partial charge in [-0.1, -0.05) is 0 Å². The van der Waals surface area contributed by atoms with E-state index in [1.54, 1.807) is 11.3 Å². The van der Waals surface area contributed by atoms with Crippen molar-refractivity contribution in [2.24, 2.45) is 0 Å². The first-order valence-electron chi connectivity index (χ1n) is 5.22. The second kappa shape index (κ2) is 5.53. The molecule has 0 saturated carbocycles. The van der Waals surface area contributed by atoms with Crippen LogP contribution in [0.1, 0.15) is 26.2 Å². The Kier molecular flexibility index (Phi) is 4.47. The van der Waals surface area contributed by atoms with Gasteiger partial charge in [-0.15, -0.1) is 22.7 Å². The molecule has 0 amide bonds. The van der Waals surface area contributed by atoms with Crippen LogP contribution in [0.2, 0.25) is 0 Å². The Morgan fingerprint density at radius 3 is 2.18 bits per heavy atom. The number of aryl methyl sites for hydroxylation is 2. The molecule has 1 N–H and O–H groups in total. The number of nitrogens with one attached hydrogen (secondary N) is 1. The molecule has 2 aromatic rings. The maximum atomic E-state index is 3.59. The third kappa shape index (κ3) is 2.84. The van der Waals surface area contributed by atoms with Crippen molar-refractivity contribution in [2.45, 2.75) is 19.9 Å². The van der Waals surface area contributed by atoms with Crippen molar-refractivity contribution >= 4 is 54.5 Å². The summed E-state index contributed by atoms with van der Waals surface area (Å²) >= 11 is 10.8. The van der Waals surface area contributed by atoms with Crippen molar-refractivity contribution < 1.29 is 0 Å². The van der Waals surface area contributed by atoms with E-state index >= 15 is 0 Å². The van der Waals surface area contributed by atoms with Crippen molar-refractivity contribution in [2.75, 3.05) is 7.05 Å². The number of hydrogen-bond donors (Lipinski definition) is 1. The van der Waals surface area contributed by atoms with Gasteiger partial charge in [0.1, 0.15) is 0 Å². The second-order valence-electron chi connectivity index (χ2n) is 3.88. The summed E-state index contributed by atoms with van der Waals surface area (Å²) < 4.78 is 2.42. The molecule has 1 unspecified atom stereocenters. The standard InChI is InChI=1S/C12H13Br2NS2/c1-6-4-9(17-12(6)14)11(15-3)10-5-8(13)7(2)16-10/h4-5,11,15H,1-3H3. The summed E-state index contributed by atoms with van der Waals surface area (Å²) in [5.41, 5.74) is 1.30. The van der Waals surface area contributed by atoms with Crippen molar-refractivity contribution in [3.05, 3.63) is 40.6 Å². The SMILES string of the molecule is CNC(c1cc(Br)c(C)s1)c1cc(C)c(Br)s1. The van der Waals surface area contributed by atoms with Gasteiger partial charge in [0, 0.05) is 19.1 Å². The summed E-state index contributed by atoms with van der Waals surface area (Å²) in [6, 6.07) is 4.75. The molecule has 17 heavy (non-hydrogen) atoms. The van der Waals surface area contributed by atoms with E-state index in [-0.39, 0.29) is 0 Å². The molecule has 2 rings (SSSR count). The molecule has 1 atom stereocenters. The van der Waals surface area contributed by atoms with Crippen LogP contribution in [0.15, 0.2) is 20.4 Å². The van der Waals surface area contributed by atoms with E-state index in [9.17, 15) is 0 Å². The minimum atomic E-state index is 0.292. The van der Waals surface area contributed by atoms with Crippen molar-refractivity contribution in [3.8, 4) is 0 Å². The van der Waals surface area contributed by atoms with Gasteiger partial charge in [-0.2, -0.15) is 0 Å². The van der Waals surface area contributed by atoms with Gasteiger partial charge in [-0.3, -0.25) is 0 Å². The van der Waals surface area contributed by atoms with Gasteiger partial charge in [-0.25, -0.2) is 0 Å². The van der Waals surface area contributed by atoms with Crippen LogP contribution in [-0.2, 0) is 0 Å². The fourth-order valence-electron chi connectivity index (χ4n) is 1.67. The fourth-order valence-corrected chi connectivity index (χ4v) is 5.14. The summed E-state index contributed by atoms with van der Waals surface area (Å²) in [5.74, 6) is 0. The lowest BCUT2D eigenvalue weighted by molar-refractivity contribution is 0.716. The quantitative estimate of drug-likeness (QED) is 0.748. The predicted molar refractivity (Wildman–Crippen MR) is 84.4 cm³/mol. The average Bonchev–Trinajstić information content (AvgIpc) is 2.75. The maximum absolute atomic E-state index is 3.59. The Balaban J connectivity index is 2.39. The van der Waals surface area contributed by atoms with Gasteiger partial charge in [0.05, 0.1) is 9.83 Å². The predicted octanol–water partition coefficient (Wildman–Crippen LogP) is 5.26. The van der Waals surface area contributed by atoms with E-state index in [0.29, 0.717) is 6.04 Å². The Morgan fingerprint density at radius 2 is 1.76 bits per heavy atom. The van der Waals surface area contributed by atoms with Crippen LogP contribution < -0.4 is 5.32 Å². The molecular weight excluding hydrogens is 382 g/mol. The molecule has 0 bridgehead atoms. The molecule has 0 saturated heterocycles. The highest BCUT2D eigenvalue weighted by Crippen LogP contribution is 2.38. The summed E-state index contributed by atoms with van der Waals surface area (Å²) in [7, 11) is 2.01. The van der Waals surface area contributed by atoms with Crippen molar-refractivity contribution in [1.82, 2.24) is 5.32 Å². The van der Waals surface area contributed by atoms with Gasteiger partial charge >= 0.3 is 0 Å². The summed E-state index contributed by atoms with van der Waals surface area (Å²) in [6.07, 6.45) is 0. The van der Waals surface area contributed by atoms with Gasteiger partial charge in [0.25, 0.3) is 0 Å². The van der Waals surface area contributed by atoms with E-state index in [2.05, 4.69) is 63.2 Å². The highest BCUT2D eigenvalue weighted by Gasteiger charge is 2.18. The minimum Gasteiger partial charge on any atom is -0.308 e. The lowest BCUT2D eigenvalue weighted by Gasteiger charge is -2.12. The van der Waals surface area contributed by atoms with E-state index in [0.717, 1.165) is 0 Å².